The van der Waals surface area contributed by atoms with Gasteiger partial charge in [-0.2, -0.15) is 0 Å². The van der Waals surface area contributed by atoms with Crippen molar-refractivity contribution in [1.29, 1.82) is 0 Å². The topological polar surface area (TPSA) is 0 Å². The Hall–Kier alpha value is 1.46. The van der Waals surface area contributed by atoms with Crippen LogP contribution in [-0.4, -0.2) is 0 Å². The van der Waals surface area contributed by atoms with Gasteiger partial charge in [0.05, 0.1) is 0 Å². The first kappa shape index (κ1) is 16.5. The van der Waals surface area contributed by atoms with E-state index in [-0.39, 0.29) is 0 Å². The summed E-state index contributed by atoms with van der Waals surface area (Å²) in [5.74, 6) is 2.69. The molecule has 78 valence electrons. The molecule has 0 aromatic carbocycles. The van der Waals surface area contributed by atoms with Crippen LogP contribution in [0, 0.1) is 63.2 Å². The van der Waals surface area contributed by atoms with E-state index in [9.17, 15) is 0 Å². The molecule has 2 fully saturated rings. The Morgan fingerprint density at radius 2 is 0.933 bits per heavy atom. The first-order chi connectivity index (χ1) is 7.20. The second kappa shape index (κ2) is 11.9. The molecule has 0 atom stereocenters. The van der Waals surface area contributed by atoms with E-state index in [2.05, 4.69) is 39.5 Å². The average Bonchev–Trinajstić information content (AvgIpc) is 2.81. The van der Waals surface area contributed by atoms with Crippen LogP contribution < -0.4 is 0 Å². The van der Waals surface area contributed by atoms with Gasteiger partial charge in [0.15, 0.2) is 0 Å². The van der Waals surface area contributed by atoms with Gasteiger partial charge in [0.1, 0.15) is 0 Å². The fourth-order valence-corrected chi connectivity index (χ4v) is 0.940. The first-order valence-electron chi connectivity index (χ1n) is 4.53. The zero-order chi connectivity index (χ0) is 11.5. The van der Waals surface area contributed by atoms with Crippen molar-refractivity contribution in [3.05, 3.63) is 63.2 Å². The van der Waals surface area contributed by atoms with Crippen molar-refractivity contribution in [2.24, 2.45) is 0 Å². The Bertz CT molecular complexity index is 105. The van der Waals surface area contributed by atoms with Crippen molar-refractivity contribution in [1.82, 2.24) is 0 Å². The van der Waals surface area contributed by atoms with E-state index < -0.39 is 20.8 Å². The van der Waals surface area contributed by atoms with E-state index in [1.54, 1.807) is 0 Å². The van der Waals surface area contributed by atoms with Crippen LogP contribution in [0.4, 0.5) is 0 Å². The van der Waals surface area contributed by atoms with Gasteiger partial charge in [0.25, 0.3) is 0 Å². The quantitative estimate of drug-likeness (QED) is 0.627. The van der Waals surface area contributed by atoms with Crippen molar-refractivity contribution in [3.63, 3.8) is 0 Å². The summed E-state index contributed by atoms with van der Waals surface area (Å²) in [6.45, 7) is 4.17. The van der Waals surface area contributed by atoms with Gasteiger partial charge in [-0.15, -0.1) is 0 Å². The Labute approximate surface area is 114 Å². The predicted molar refractivity (Wildman–Crippen MR) is 63.9 cm³/mol. The van der Waals surface area contributed by atoms with Crippen LogP contribution in [-0.2, 0) is 20.8 Å². The van der Waals surface area contributed by atoms with Crippen LogP contribution >= 0.6 is 17.0 Å². The molecular formula is C12H14Cl2Zr+2. The average molecular weight is 320 g/mol. The minimum absolute atomic E-state index is 0.826. The van der Waals surface area contributed by atoms with Gasteiger partial charge in [-0.1, -0.05) is 13.8 Å². The van der Waals surface area contributed by atoms with E-state index in [4.69, 9.17) is 17.0 Å². The molecule has 0 aliphatic heterocycles. The fraction of sp³-hybridized carbons (Fsp3) is 0.167. The van der Waals surface area contributed by atoms with E-state index in [0.717, 1.165) is 0 Å². The zero-order valence-electron chi connectivity index (χ0n) is 8.87. The molecule has 15 heavy (non-hydrogen) atoms. The second-order valence-corrected chi connectivity index (χ2v) is 6.73. The van der Waals surface area contributed by atoms with Crippen LogP contribution in [0.25, 0.3) is 0 Å². The molecule has 0 N–H and O–H groups in total. The zero-order valence-corrected chi connectivity index (χ0v) is 12.8. The maximum atomic E-state index is 4.93. The standard InChI is InChI=1S/2C6H7.2ClH.Zr/c2*1-6-4-2-3-5-6;;;/h2*2-5H,1H3;2*1H;/q;;;;+4/p-2. The fourth-order valence-electron chi connectivity index (χ4n) is 0.940. The SMILES string of the molecule is C[C]1[CH][CH][CH][CH]1.C[C]1[CH][CH][CH][CH]1.[Cl][Zr+2][Cl]. The molecule has 0 unspecified atom stereocenters. The molecule has 10 radical (unpaired) electrons. The molecule has 3 heteroatoms. The summed E-state index contributed by atoms with van der Waals surface area (Å²) in [5, 5.41) is 0. The Morgan fingerprint density at radius 3 is 1.00 bits per heavy atom. The Morgan fingerprint density at radius 1 is 0.733 bits per heavy atom. The first-order valence-corrected chi connectivity index (χ1v) is 10.9. The molecule has 0 heterocycles. The molecule has 0 aromatic rings. The summed E-state index contributed by atoms with van der Waals surface area (Å²) in [6.07, 6.45) is 16.5. The normalized spacial score (nSPS) is 21.1. The summed E-state index contributed by atoms with van der Waals surface area (Å²) in [6, 6.07) is 0. The summed E-state index contributed by atoms with van der Waals surface area (Å²) >= 11 is -0.826. The van der Waals surface area contributed by atoms with Crippen molar-refractivity contribution in [2.45, 2.75) is 13.8 Å². The van der Waals surface area contributed by atoms with E-state index in [1.165, 1.54) is 11.8 Å². The van der Waals surface area contributed by atoms with Crippen molar-refractivity contribution < 1.29 is 20.8 Å². The number of hydrogen-bond donors (Lipinski definition) is 0. The number of rotatable bonds is 0. The monoisotopic (exact) mass is 318 g/mol. The van der Waals surface area contributed by atoms with Gasteiger partial charge in [0, 0.05) is 0 Å². The molecule has 2 aliphatic rings. The maximum absolute atomic E-state index is 4.93. The van der Waals surface area contributed by atoms with Gasteiger partial charge in [-0.25, -0.2) is 0 Å². The van der Waals surface area contributed by atoms with Crippen LogP contribution in [0.15, 0.2) is 0 Å². The molecule has 0 bridgehead atoms. The van der Waals surface area contributed by atoms with E-state index in [0.29, 0.717) is 0 Å². The van der Waals surface area contributed by atoms with Crippen LogP contribution in [0.5, 0.6) is 0 Å². The second-order valence-electron chi connectivity index (χ2n) is 3.00. The Kier molecular flexibility index (Phi) is 13.1. The van der Waals surface area contributed by atoms with Crippen LogP contribution in [0.3, 0.4) is 0 Å². The third-order valence-electron chi connectivity index (χ3n) is 1.66. The molecule has 2 aliphatic carbocycles. The molecule has 2 saturated carbocycles. The van der Waals surface area contributed by atoms with Crippen LogP contribution in [0.1, 0.15) is 13.8 Å². The van der Waals surface area contributed by atoms with Gasteiger partial charge in [0.2, 0.25) is 0 Å². The van der Waals surface area contributed by atoms with Crippen molar-refractivity contribution in [3.8, 4) is 0 Å². The molecule has 0 nitrogen and oxygen atoms in total. The molecule has 0 spiro atoms. The van der Waals surface area contributed by atoms with Gasteiger partial charge in [-0.05, 0) is 63.2 Å². The van der Waals surface area contributed by atoms with Gasteiger partial charge in [-0.3, -0.25) is 0 Å². The molecule has 2 rings (SSSR count). The number of halogens is 2. The van der Waals surface area contributed by atoms with E-state index in [1.807, 2.05) is 25.7 Å². The molecule has 0 saturated heterocycles. The number of hydrogen-bond acceptors (Lipinski definition) is 0. The van der Waals surface area contributed by atoms with Crippen molar-refractivity contribution >= 4 is 17.0 Å². The summed E-state index contributed by atoms with van der Waals surface area (Å²) in [4.78, 5) is 0. The third kappa shape index (κ3) is 11.7. The summed E-state index contributed by atoms with van der Waals surface area (Å²) in [5.41, 5.74) is 0. The third-order valence-corrected chi connectivity index (χ3v) is 1.66. The minimum atomic E-state index is -0.826. The molecule has 0 aromatic heterocycles. The molecular weight excluding hydrogens is 306 g/mol. The van der Waals surface area contributed by atoms with Crippen molar-refractivity contribution in [2.75, 3.05) is 0 Å². The summed E-state index contributed by atoms with van der Waals surface area (Å²) in [7, 11) is 9.87. The van der Waals surface area contributed by atoms with Crippen LogP contribution in [0.2, 0.25) is 0 Å². The van der Waals surface area contributed by atoms with E-state index >= 15 is 0 Å². The van der Waals surface area contributed by atoms with Gasteiger partial charge >= 0.3 is 37.9 Å². The molecule has 0 amide bonds. The Balaban J connectivity index is 0.000000210. The predicted octanol–water partition coefficient (Wildman–Crippen LogP) is 4.20. The van der Waals surface area contributed by atoms with Gasteiger partial charge < -0.3 is 0 Å². The summed E-state index contributed by atoms with van der Waals surface area (Å²) < 4.78 is 0.